The van der Waals surface area contributed by atoms with Crippen molar-refractivity contribution >= 4 is 12.7 Å². The molecule has 2 heterocycles. The van der Waals surface area contributed by atoms with Crippen molar-refractivity contribution in [1.29, 1.82) is 5.26 Å². The highest BCUT2D eigenvalue weighted by atomic mass is 16.7. The first-order valence-corrected chi connectivity index (χ1v) is 7.10. The number of hydrogen-bond donors (Lipinski definition) is 0. The molecule has 0 spiro atoms. The summed E-state index contributed by atoms with van der Waals surface area (Å²) in [6, 6.07) is 5.86. The van der Waals surface area contributed by atoms with E-state index in [1.165, 1.54) is 0 Å². The molecule has 0 amide bonds. The Hall–Kier alpha value is -1.38. The Kier molecular flexibility index (Phi) is 2.93. The van der Waals surface area contributed by atoms with E-state index in [-0.39, 0.29) is 11.2 Å². The van der Waals surface area contributed by atoms with Crippen molar-refractivity contribution in [3.63, 3.8) is 0 Å². The van der Waals surface area contributed by atoms with Gasteiger partial charge in [-0.2, -0.15) is 5.26 Å². The van der Waals surface area contributed by atoms with Gasteiger partial charge in [-0.05, 0) is 52.7 Å². The molecule has 0 N–H and O–H groups in total. The zero-order valence-electron chi connectivity index (χ0n) is 12.4. The second kappa shape index (κ2) is 4.31. The molecule has 1 saturated carbocycles. The molecule has 5 heteroatoms. The smallest absolute Gasteiger partial charge is 0.398 e. The Morgan fingerprint density at radius 3 is 2.30 bits per heavy atom. The van der Waals surface area contributed by atoms with E-state index < -0.39 is 7.12 Å². The maximum absolute atomic E-state index is 9.18. The fourth-order valence-corrected chi connectivity index (χ4v) is 2.31. The number of pyridine rings is 1. The van der Waals surface area contributed by atoms with Crippen LogP contribution in [0.1, 0.15) is 57.7 Å². The number of aromatic nitrogens is 1. The van der Waals surface area contributed by atoms with Crippen LogP contribution < -0.4 is 5.59 Å². The first-order chi connectivity index (χ1) is 9.32. The highest BCUT2D eigenvalue weighted by Gasteiger charge is 2.52. The van der Waals surface area contributed by atoms with E-state index in [9.17, 15) is 5.26 Å². The Labute approximate surface area is 120 Å². The van der Waals surface area contributed by atoms with Crippen LogP contribution in [0.5, 0.6) is 0 Å². The van der Waals surface area contributed by atoms with Gasteiger partial charge in [-0.3, -0.25) is 4.98 Å². The zero-order chi connectivity index (χ0) is 14.5. The maximum atomic E-state index is 9.18. The Balaban J connectivity index is 1.95. The van der Waals surface area contributed by atoms with Crippen LogP contribution in [0.25, 0.3) is 0 Å². The van der Waals surface area contributed by atoms with E-state index in [1.54, 1.807) is 6.07 Å². The molecule has 0 atom stereocenters. The number of nitrogens with zero attached hydrogens (tertiary/aromatic N) is 2. The summed E-state index contributed by atoms with van der Waals surface area (Å²) in [5.41, 5.74) is 1.56. The Bertz CT molecular complexity index is 572. The molecule has 20 heavy (non-hydrogen) atoms. The van der Waals surface area contributed by atoms with Gasteiger partial charge in [0.25, 0.3) is 0 Å². The van der Waals surface area contributed by atoms with Crippen molar-refractivity contribution in [2.45, 2.75) is 57.7 Å². The van der Waals surface area contributed by atoms with E-state index in [0.29, 0.717) is 17.1 Å². The van der Waals surface area contributed by atoms with Gasteiger partial charge >= 0.3 is 7.12 Å². The van der Waals surface area contributed by atoms with Crippen molar-refractivity contribution in [2.24, 2.45) is 0 Å². The van der Waals surface area contributed by atoms with E-state index in [4.69, 9.17) is 9.31 Å². The lowest BCUT2D eigenvalue weighted by atomic mass is 9.83. The monoisotopic (exact) mass is 270 g/mol. The minimum Gasteiger partial charge on any atom is -0.398 e. The van der Waals surface area contributed by atoms with E-state index in [1.807, 2.05) is 33.8 Å². The lowest BCUT2D eigenvalue weighted by Crippen LogP contribution is -2.41. The van der Waals surface area contributed by atoms with Crippen LogP contribution in [0.3, 0.4) is 0 Å². The van der Waals surface area contributed by atoms with E-state index in [0.717, 1.165) is 18.5 Å². The summed E-state index contributed by atoms with van der Waals surface area (Å²) >= 11 is 0. The number of nitriles is 1. The molecule has 2 aliphatic rings. The molecule has 1 aliphatic heterocycles. The van der Waals surface area contributed by atoms with Crippen molar-refractivity contribution in [1.82, 2.24) is 4.98 Å². The van der Waals surface area contributed by atoms with Crippen molar-refractivity contribution < 1.29 is 9.31 Å². The fourth-order valence-electron chi connectivity index (χ4n) is 2.31. The molecular formula is C15H19BN2O2. The standard InChI is InChI=1S/C15H19BN2O2/c1-14(2)15(3,4)20-16(19-14)13-8-10(9-17)7-12(18-13)11-5-6-11/h7-8,11H,5-6H2,1-4H3. The first kappa shape index (κ1) is 13.6. The largest absolute Gasteiger partial charge is 0.514 e. The topological polar surface area (TPSA) is 55.1 Å². The molecule has 0 radical (unpaired) electrons. The van der Waals surface area contributed by atoms with Gasteiger partial charge in [0, 0.05) is 11.6 Å². The zero-order valence-corrected chi connectivity index (χ0v) is 12.4. The van der Waals surface area contributed by atoms with Crippen LogP contribution in [0.15, 0.2) is 12.1 Å². The van der Waals surface area contributed by atoms with E-state index >= 15 is 0 Å². The molecule has 0 unspecified atom stereocenters. The van der Waals surface area contributed by atoms with Gasteiger partial charge in [0.15, 0.2) is 0 Å². The second-order valence-electron chi connectivity index (χ2n) is 6.68. The summed E-state index contributed by atoms with van der Waals surface area (Å²) in [6.07, 6.45) is 2.31. The molecule has 1 aliphatic carbocycles. The summed E-state index contributed by atoms with van der Waals surface area (Å²) < 4.78 is 12.0. The van der Waals surface area contributed by atoms with Crippen LogP contribution in [0.2, 0.25) is 0 Å². The number of rotatable bonds is 2. The third kappa shape index (κ3) is 2.23. The summed E-state index contributed by atoms with van der Waals surface area (Å²) in [7, 11) is -0.495. The van der Waals surface area contributed by atoms with Gasteiger partial charge in [0.2, 0.25) is 0 Å². The van der Waals surface area contributed by atoms with Crippen molar-refractivity contribution in [3.8, 4) is 6.07 Å². The molecule has 104 valence electrons. The molecule has 1 aromatic heterocycles. The minimum atomic E-state index is -0.495. The summed E-state index contributed by atoms with van der Waals surface area (Å²) in [4.78, 5) is 4.66. The van der Waals surface area contributed by atoms with Crippen LogP contribution in [0.4, 0.5) is 0 Å². The van der Waals surface area contributed by atoms with Crippen LogP contribution in [-0.4, -0.2) is 23.3 Å². The third-order valence-electron chi connectivity index (χ3n) is 4.48. The average molecular weight is 270 g/mol. The first-order valence-electron chi connectivity index (χ1n) is 7.10. The molecular weight excluding hydrogens is 251 g/mol. The lowest BCUT2D eigenvalue weighted by molar-refractivity contribution is 0.00578. The molecule has 0 aromatic carbocycles. The van der Waals surface area contributed by atoms with Gasteiger partial charge in [-0.1, -0.05) is 0 Å². The molecule has 0 bridgehead atoms. The minimum absolute atomic E-state index is 0.387. The van der Waals surface area contributed by atoms with Crippen molar-refractivity contribution in [2.75, 3.05) is 0 Å². The highest BCUT2D eigenvalue weighted by Crippen LogP contribution is 2.39. The molecule has 2 fully saturated rings. The highest BCUT2D eigenvalue weighted by molar-refractivity contribution is 6.61. The normalized spacial score (nSPS) is 23.6. The van der Waals surface area contributed by atoms with Crippen LogP contribution in [0, 0.1) is 11.3 Å². The average Bonchev–Trinajstić information content (AvgIpc) is 3.17. The number of hydrogen-bond acceptors (Lipinski definition) is 4. The van der Waals surface area contributed by atoms with Gasteiger partial charge in [0.1, 0.15) is 0 Å². The van der Waals surface area contributed by atoms with Crippen molar-refractivity contribution in [3.05, 3.63) is 23.4 Å². The molecule has 4 nitrogen and oxygen atoms in total. The SMILES string of the molecule is CC1(C)OB(c2cc(C#N)cc(C3CC3)n2)OC1(C)C. The third-order valence-corrected chi connectivity index (χ3v) is 4.48. The predicted octanol–water partition coefficient (Wildman–Crippen LogP) is 2.13. The lowest BCUT2D eigenvalue weighted by Gasteiger charge is -2.32. The molecule has 3 rings (SSSR count). The van der Waals surface area contributed by atoms with Gasteiger partial charge in [0.05, 0.1) is 28.4 Å². The fraction of sp³-hybridized carbons (Fsp3) is 0.600. The quantitative estimate of drug-likeness (QED) is 0.772. The maximum Gasteiger partial charge on any atom is 0.514 e. The summed E-state index contributed by atoms with van der Waals surface area (Å²) in [5, 5.41) is 9.18. The van der Waals surface area contributed by atoms with Gasteiger partial charge in [-0.25, -0.2) is 0 Å². The Morgan fingerprint density at radius 2 is 1.80 bits per heavy atom. The summed E-state index contributed by atoms with van der Waals surface area (Å²) in [6.45, 7) is 8.07. The molecule has 1 saturated heterocycles. The van der Waals surface area contributed by atoms with Gasteiger partial charge in [-0.15, -0.1) is 0 Å². The van der Waals surface area contributed by atoms with Crippen LogP contribution >= 0.6 is 0 Å². The van der Waals surface area contributed by atoms with Gasteiger partial charge < -0.3 is 9.31 Å². The predicted molar refractivity (Wildman–Crippen MR) is 76.6 cm³/mol. The molecule has 1 aromatic rings. The Morgan fingerprint density at radius 1 is 1.20 bits per heavy atom. The second-order valence-corrected chi connectivity index (χ2v) is 6.68. The van der Waals surface area contributed by atoms with E-state index in [2.05, 4.69) is 11.1 Å². The summed E-state index contributed by atoms with van der Waals surface area (Å²) in [5.74, 6) is 0.504. The van der Waals surface area contributed by atoms with Crippen LogP contribution in [-0.2, 0) is 9.31 Å².